The number of rotatable bonds is 7. The Labute approximate surface area is 188 Å². The average Bonchev–Trinajstić information content (AvgIpc) is 3.46. The summed E-state index contributed by atoms with van der Waals surface area (Å²) in [6.07, 6.45) is 7.09. The summed E-state index contributed by atoms with van der Waals surface area (Å²) in [5, 5.41) is 0.554. The molecule has 0 aliphatic carbocycles. The molecule has 0 spiro atoms. The van der Waals surface area contributed by atoms with E-state index in [0.29, 0.717) is 45.3 Å². The van der Waals surface area contributed by atoms with Crippen LogP contribution in [0.25, 0.3) is 22.6 Å². The fourth-order valence-electron chi connectivity index (χ4n) is 4.02. The Morgan fingerprint density at radius 1 is 1.28 bits per heavy atom. The fraction of sp³-hybridized carbons (Fsp3) is 0.381. The molecule has 1 saturated heterocycles. The minimum absolute atomic E-state index is 0.352. The molecule has 0 saturated carbocycles. The van der Waals surface area contributed by atoms with E-state index in [1.54, 1.807) is 13.4 Å². The maximum Gasteiger partial charge on any atom is 0.209 e. The number of imidazole rings is 1. The number of methoxy groups -OCH3 is 1. The maximum absolute atomic E-state index is 10.9. The van der Waals surface area contributed by atoms with E-state index in [9.17, 15) is 4.79 Å². The van der Waals surface area contributed by atoms with Gasteiger partial charge in [0.25, 0.3) is 0 Å². The van der Waals surface area contributed by atoms with E-state index in [1.807, 2.05) is 21.6 Å². The van der Waals surface area contributed by atoms with Gasteiger partial charge in [0.15, 0.2) is 34.5 Å². The van der Waals surface area contributed by atoms with Crippen molar-refractivity contribution in [2.75, 3.05) is 25.9 Å². The number of piperidine rings is 1. The van der Waals surface area contributed by atoms with Crippen molar-refractivity contribution in [2.45, 2.75) is 35.9 Å². The third-order valence-electron chi connectivity index (χ3n) is 5.86. The number of aromatic nitrogens is 5. The lowest BCUT2D eigenvalue weighted by Gasteiger charge is -2.29. The van der Waals surface area contributed by atoms with E-state index in [1.165, 1.54) is 18.2 Å². The van der Waals surface area contributed by atoms with Crippen molar-refractivity contribution in [3.8, 4) is 17.3 Å². The highest BCUT2D eigenvalue weighted by Gasteiger charge is 2.23. The Kier molecular flexibility index (Phi) is 5.56. The van der Waals surface area contributed by atoms with Crippen LogP contribution in [0.1, 0.15) is 19.3 Å². The number of amides is 1. The molecule has 1 aromatic carbocycles. The number of hydrogen-bond acceptors (Lipinski definition) is 9. The molecular formula is C21H23N7O3S. The summed E-state index contributed by atoms with van der Waals surface area (Å²) in [5.41, 5.74) is 8.05. The predicted octanol–water partition coefficient (Wildman–Crippen LogP) is 2.92. The predicted molar refractivity (Wildman–Crippen MR) is 119 cm³/mol. The van der Waals surface area contributed by atoms with Crippen molar-refractivity contribution >= 4 is 35.1 Å². The van der Waals surface area contributed by atoms with Gasteiger partial charge in [-0.25, -0.2) is 19.9 Å². The summed E-state index contributed by atoms with van der Waals surface area (Å²) in [7, 11) is 1.61. The van der Waals surface area contributed by atoms with Crippen LogP contribution in [0.3, 0.4) is 0 Å². The van der Waals surface area contributed by atoms with Crippen molar-refractivity contribution in [1.29, 1.82) is 0 Å². The highest BCUT2D eigenvalue weighted by molar-refractivity contribution is 7.99. The normalized spacial score (nSPS) is 15.0. The Morgan fingerprint density at radius 2 is 2.12 bits per heavy atom. The zero-order chi connectivity index (χ0) is 22.1. The zero-order valence-electron chi connectivity index (χ0n) is 17.6. The highest BCUT2D eigenvalue weighted by Crippen LogP contribution is 2.37. The van der Waals surface area contributed by atoms with E-state index in [0.717, 1.165) is 50.2 Å². The van der Waals surface area contributed by atoms with Crippen molar-refractivity contribution in [2.24, 2.45) is 5.92 Å². The summed E-state index contributed by atoms with van der Waals surface area (Å²) >= 11 is 1.37. The third-order valence-corrected chi connectivity index (χ3v) is 6.74. The van der Waals surface area contributed by atoms with E-state index in [2.05, 4.69) is 15.0 Å². The molecule has 2 aromatic rings. The van der Waals surface area contributed by atoms with Gasteiger partial charge in [0.1, 0.15) is 11.3 Å². The van der Waals surface area contributed by atoms with Crippen LogP contribution in [0.15, 0.2) is 39.3 Å². The molecule has 1 amide bonds. The number of carbonyl (C=O) groups excluding carboxylic acids is 1. The minimum Gasteiger partial charge on any atom is -0.497 e. The third kappa shape index (κ3) is 3.95. The van der Waals surface area contributed by atoms with Gasteiger partial charge in [0, 0.05) is 25.7 Å². The number of nitrogens with two attached hydrogens (primary N) is 1. The van der Waals surface area contributed by atoms with Crippen LogP contribution in [0.5, 0.6) is 5.75 Å². The number of fused-ring (bicyclic) bond motifs is 2. The Bertz CT molecular complexity index is 1220. The van der Waals surface area contributed by atoms with Gasteiger partial charge in [0.2, 0.25) is 6.41 Å². The topological polar surface area (TPSA) is 125 Å². The van der Waals surface area contributed by atoms with E-state index < -0.39 is 0 Å². The van der Waals surface area contributed by atoms with Crippen molar-refractivity contribution < 1.29 is 13.9 Å². The number of oxazole rings is 1. The largest absolute Gasteiger partial charge is 0.497 e. The van der Waals surface area contributed by atoms with Gasteiger partial charge in [-0.15, -0.1) is 0 Å². The number of benzene rings is 1. The van der Waals surface area contributed by atoms with Crippen LogP contribution in [-0.2, 0) is 11.3 Å². The Hall–Kier alpha value is -3.34. The summed E-state index contributed by atoms with van der Waals surface area (Å²) in [4.78, 5) is 31.5. The molecule has 0 atom stereocenters. The van der Waals surface area contributed by atoms with Crippen molar-refractivity contribution in [3.05, 3.63) is 24.9 Å². The summed E-state index contributed by atoms with van der Waals surface area (Å²) in [6, 6.07) is 3.70. The van der Waals surface area contributed by atoms with Gasteiger partial charge in [-0.05, 0) is 43.0 Å². The van der Waals surface area contributed by atoms with Crippen LogP contribution in [0.4, 0.5) is 5.82 Å². The molecule has 2 N–H and O–H groups in total. The number of anilines is 1. The molecule has 166 valence electrons. The lowest BCUT2D eigenvalue weighted by Crippen LogP contribution is -2.32. The second-order valence-corrected chi connectivity index (χ2v) is 8.81. The minimum atomic E-state index is 0.352. The second-order valence-electron chi connectivity index (χ2n) is 7.80. The monoisotopic (exact) mass is 453 g/mol. The Balaban J connectivity index is 1.38. The maximum atomic E-state index is 10.9. The molecule has 11 heteroatoms. The van der Waals surface area contributed by atoms with Gasteiger partial charge < -0.3 is 24.4 Å². The molecule has 32 heavy (non-hydrogen) atoms. The molecule has 5 rings (SSSR count). The van der Waals surface area contributed by atoms with Crippen molar-refractivity contribution in [1.82, 2.24) is 29.4 Å². The van der Waals surface area contributed by atoms with Gasteiger partial charge in [-0.1, -0.05) is 0 Å². The molecule has 0 unspecified atom stereocenters. The molecule has 3 aliphatic rings. The summed E-state index contributed by atoms with van der Waals surface area (Å²) in [5.74, 6) is 2.31. The number of aryl methyl sites for hydroxylation is 1. The summed E-state index contributed by atoms with van der Waals surface area (Å²) in [6.45, 7) is 2.41. The van der Waals surface area contributed by atoms with E-state index in [4.69, 9.17) is 19.9 Å². The first kappa shape index (κ1) is 20.6. The summed E-state index contributed by atoms with van der Waals surface area (Å²) < 4.78 is 12.9. The molecule has 3 aliphatic heterocycles. The molecule has 4 heterocycles. The molecule has 0 bridgehead atoms. The number of ether oxygens (including phenoxy) is 1. The van der Waals surface area contributed by atoms with Crippen molar-refractivity contribution in [3.63, 3.8) is 0 Å². The highest BCUT2D eigenvalue weighted by atomic mass is 32.2. The average molecular weight is 454 g/mol. The number of carbonyl (C=O) groups is 1. The van der Waals surface area contributed by atoms with E-state index in [-0.39, 0.29) is 0 Å². The van der Waals surface area contributed by atoms with Crippen LogP contribution >= 0.6 is 11.8 Å². The second kappa shape index (κ2) is 8.65. The molecular weight excluding hydrogens is 430 g/mol. The first-order valence-electron chi connectivity index (χ1n) is 10.4. The molecule has 1 fully saturated rings. The van der Waals surface area contributed by atoms with Crippen LogP contribution < -0.4 is 10.5 Å². The molecule has 1 aromatic heterocycles. The fourth-order valence-corrected chi connectivity index (χ4v) is 4.90. The number of nitrogens with zero attached hydrogens (tertiary/aromatic N) is 6. The van der Waals surface area contributed by atoms with Crippen LogP contribution in [0.2, 0.25) is 0 Å². The number of nitrogen functional groups attached to an aromatic ring is 1. The van der Waals surface area contributed by atoms with Gasteiger partial charge >= 0.3 is 0 Å². The first-order chi connectivity index (χ1) is 15.6. The molecule has 0 radical (unpaired) electrons. The van der Waals surface area contributed by atoms with Crippen LogP contribution in [-0.4, -0.2) is 56.0 Å². The lowest BCUT2D eigenvalue weighted by atomic mass is 9.94. The van der Waals surface area contributed by atoms with Gasteiger partial charge in [0.05, 0.1) is 18.3 Å². The SMILES string of the molecule is COc1cc(Sc2nc3c(N)ncn(CCC4CCN(C=O)CC4)c-3n2)c2ocnc2c1. The smallest absolute Gasteiger partial charge is 0.209 e. The van der Waals surface area contributed by atoms with Gasteiger partial charge in [-0.2, -0.15) is 0 Å². The number of likely N-dealkylation sites (tertiary alicyclic amines) is 1. The quantitative estimate of drug-likeness (QED) is 0.420. The first-order valence-corrected chi connectivity index (χ1v) is 11.2. The van der Waals surface area contributed by atoms with Gasteiger partial charge in [-0.3, -0.25) is 4.79 Å². The standard InChI is InChI=1S/C21H23N7O3S/c1-30-14-8-15-18(31-11-24-15)16(9-14)32-21-25-17-19(22)23-10-28(20(17)26-21)7-4-13-2-5-27(12-29)6-3-13/h8-13H,2-7,22H2,1H3. The zero-order valence-corrected chi connectivity index (χ0v) is 18.4. The van der Waals surface area contributed by atoms with E-state index >= 15 is 0 Å². The Morgan fingerprint density at radius 3 is 2.91 bits per heavy atom. The lowest BCUT2D eigenvalue weighted by molar-refractivity contribution is -0.119. The van der Waals surface area contributed by atoms with Crippen LogP contribution in [0, 0.1) is 5.92 Å². The number of hydrogen-bond donors (Lipinski definition) is 1. The molecule has 10 nitrogen and oxygen atoms in total.